The van der Waals surface area contributed by atoms with Crippen molar-refractivity contribution in [2.24, 2.45) is 0 Å². The van der Waals surface area contributed by atoms with Crippen LogP contribution in [-0.2, 0) is 6.54 Å². The van der Waals surface area contributed by atoms with Crippen molar-refractivity contribution in [1.29, 1.82) is 0 Å². The van der Waals surface area contributed by atoms with Crippen LogP contribution in [0, 0.1) is 0 Å². The number of furan rings is 1. The van der Waals surface area contributed by atoms with Crippen LogP contribution in [0.1, 0.15) is 16.1 Å². The van der Waals surface area contributed by atoms with Crippen LogP contribution in [-0.4, -0.2) is 47.2 Å². The molecule has 1 rings (SSSR count). The first kappa shape index (κ1) is 13.6. The van der Waals surface area contributed by atoms with Crippen molar-refractivity contribution in [2.45, 2.75) is 13.0 Å². The van der Waals surface area contributed by atoms with Crippen LogP contribution < -0.4 is 0 Å². The molecular formula is C10H13F2NO4. The summed E-state index contributed by atoms with van der Waals surface area (Å²) >= 11 is 0. The van der Waals surface area contributed by atoms with Gasteiger partial charge in [-0.15, -0.1) is 0 Å². The van der Waals surface area contributed by atoms with Crippen LogP contribution in [0.4, 0.5) is 8.78 Å². The Bertz CT molecular complexity index is 367. The van der Waals surface area contributed by atoms with Crippen molar-refractivity contribution in [2.75, 3.05) is 19.7 Å². The molecule has 1 aromatic rings. The Kier molecular flexibility index (Phi) is 5.05. The first-order chi connectivity index (χ1) is 8.04. The zero-order valence-electron chi connectivity index (χ0n) is 8.97. The predicted octanol–water partition coefficient (Wildman–Crippen LogP) is 1.04. The number of carboxylic acids is 1. The molecule has 1 heterocycles. The molecule has 96 valence electrons. The largest absolute Gasteiger partial charge is 0.475 e. The molecule has 0 aliphatic carbocycles. The number of alkyl halides is 2. The van der Waals surface area contributed by atoms with Crippen molar-refractivity contribution < 1.29 is 28.2 Å². The second-order valence-corrected chi connectivity index (χ2v) is 3.43. The lowest BCUT2D eigenvalue weighted by molar-refractivity contribution is 0.0649. The summed E-state index contributed by atoms with van der Waals surface area (Å²) < 4.78 is 29.2. The lowest BCUT2D eigenvalue weighted by Gasteiger charge is -2.20. The van der Waals surface area contributed by atoms with Gasteiger partial charge in [-0.3, -0.25) is 4.90 Å². The Morgan fingerprint density at radius 1 is 1.53 bits per heavy atom. The predicted molar refractivity (Wildman–Crippen MR) is 54.0 cm³/mol. The summed E-state index contributed by atoms with van der Waals surface area (Å²) in [7, 11) is 0. The number of nitrogens with zero attached hydrogens (tertiary/aromatic N) is 1. The molecule has 0 saturated heterocycles. The minimum Gasteiger partial charge on any atom is -0.475 e. The van der Waals surface area contributed by atoms with E-state index in [1.807, 2.05) is 0 Å². The van der Waals surface area contributed by atoms with Gasteiger partial charge in [0.15, 0.2) is 0 Å². The van der Waals surface area contributed by atoms with Crippen molar-refractivity contribution >= 4 is 5.97 Å². The van der Waals surface area contributed by atoms with Gasteiger partial charge in [-0.05, 0) is 6.07 Å². The summed E-state index contributed by atoms with van der Waals surface area (Å²) in [5, 5.41) is 17.5. The zero-order chi connectivity index (χ0) is 12.8. The lowest BCUT2D eigenvalue weighted by atomic mass is 10.2. The molecule has 0 fully saturated rings. The summed E-state index contributed by atoms with van der Waals surface area (Å²) in [6.45, 7) is -0.741. The zero-order valence-corrected chi connectivity index (χ0v) is 8.97. The number of aromatic carboxylic acids is 1. The van der Waals surface area contributed by atoms with E-state index in [0.29, 0.717) is 5.56 Å². The van der Waals surface area contributed by atoms with Crippen molar-refractivity contribution in [1.82, 2.24) is 4.90 Å². The number of halogens is 2. The van der Waals surface area contributed by atoms with Gasteiger partial charge in [0.25, 0.3) is 6.43 Å². The highest BCUT2D eigenvalue weighted by atomic mass is 19.3. The van der Waals surface area contributed by atoms with Crippen LogP contribution >= 0.6 is 0 Å². The molecule has 5 nitrogen and oxygen atoms in total. The van der Waals surface area contributed by atoms with E-state index < -0.39 is 18.9 Å². The Hall–Kier alpha value is -1.47. The molecule has 0 aliphatic rings. The van der Waals surface area contributed by atoms with E-state index in [1.54, 1.807) is 0 Å². The number of rotatable bonds is 7. The van der Waals surface area contributed by atoms with Gasteiger partial charge in [0.2, 0.25) is 5.76 Å². The van der Waals surface area contributed by atoms with Crippen molar-refractivity contribution in [3.63, 3.8) is 0 Å². The van der Waals surface area contributed by atoms with Gasteiger partial charge in [0.05, 0.1) is 19.4 Å². The highest BCUT2D eigenvalue weighted by Gasteiger charge is 2.18. The average Bonchev–Trinajstić information content (AvgIpc) is 2.65. The molecule has 17 heavy (non-hydrogen) atoms. The summed E-state index contributed by atoms with van der Waals surface area (Å²) in [5.74, 6) is -1.51. The lowest BCUT2D eigenvalue weighted by Crippen LogP contribution is -2.31. The summed E-state index contributed by atoms with van der Waals surface area (Å²) in [4.78, 5) is 12.0. The van der Waals surface area contributed by atoms with Crippen LogP contribution in [0.25, 0.3) is 0 Å². The molecule has 0 saturated carbocycles. The molecule has 0 bridgehead atoms. The fraction of sp³-hybridized carbons (Fsp3) is 0.500. The van der Waals surface area contributed by atoms with Gasteiger partial charge in [0.1, 0.15) is 0 Å². The van der Waals surface area contributed by atoms with Gasteiger partial charge in [0, 0.05) is 18.7 Å². The van der Waals surface area contributed by atoms with Gasteiger partial charge in [-0.2, -0.15) is 0 Å². The summed E-state index contributed by atoms with van der Waals surface area (Å²) in [5.41, 5.74) is 0.312. The molecule has 7 heteroatoms. The molecule has 0 aromatic carbocycles. The molecule has 0 aliphatic heterocycles. The number of carboxylic acid groups (broad SMARTS) is 1. The number of hydrogen-bond acceptors (Lipinski definition) is 4. The van der Waals surface area contributed by atoms with E-state index in [0.717, 1.165) is 0 Å². The topological polar surface area (TPSA) is 73.9 Å². The highest BCUT2D eigenvalue weighted by Crippen LogP contribution is 2.14. The monoisotopic (exact) mass is 249 g/mol. The normalized spacial score (nSPS) is 11.4. The molecule has 0 amide bonds. The molecule has 0 atom stereocenters. The Labute approximate surface area is 96.3 Å². The number of aliphatic hydroxyl groups excluding tert-OH is 1. The Morgan fingerprint density at radius 2 is 2.24 bits per heavy atom. The second kappa shape index (κ2) is 6.31. The van der Waals surface area contributed by atoms with Crippen molar-refractivity contribution in [3.05, 3.63) is 23.7 Å². The van der Waals surface area contributed by atoms with E-state index in [1.165, 1.54) is 17.2 Å². The maximum absolute atomic E-state index is 12.2. The molecule has 0 unspecified atom stereocenters. The van der Waals surface area contributed by atoms with Crippen LogP contribution in [0.15, 0.2) is 16.7 Å². The van der Waals surface area contributed by atoms with E-state index in [9.17, 15) is 13.6 Å². The van der Waals surface area contributed by atoms with Crippen molar-refractivity contribution in [3.8, 4) is 0 Å². The summed E-state index contributed by atoms with van der Waals surface area (Å²) in [6.07, 6.45) is -1.35. The van der Waals surface area contributed by atoms with E-state index in [4.69, 9.17) is 14.6 Å². The number of carbonyl (C=O) groups is 1. The van der Waals surface area contributed by atoms with Gasteiger partial charge >= 0.3 is 5.97 Å². The van der Waals surface area contributed by atoms with Crippen LogP contribution in [0.2, 0.25) is 0 Å². The van der Waals surface area contributed by atoms with E-state index >= 15 is 0 Å². The minimum absolute atomic E-state index is 0.00301. The highest BCUT2D eigenvalue weighted by molar-refractivity contribution is 5.86. The van der Waals surface area contributed by atoms with Crippen LogP contribution in [0.3, 0.4) is 0 Å². The van der Waals surface area contributed by atoms with Crippen LogP contribution in [0.5, 0.6) is 0 Å². The standard InChI is InChI=1S/C10H13F2NO4/c11-8(12)6-13(2-3-14)5-7-1-4-17-9(7)10(15)16/h1,4,8,14H,2-3,5-6H2,(H,15,16). The third-order valence-corrected chi connectivity index (χ3v) is 2.15. The summed E-state index contributed by atoms with van der Waals surface area (Å²) in [6, 6.07) is 1.42. The maximum atomic E-state index is 12.2. The van der Waals surface area contributed by atoms with Gasteiger partial charge in [-0.1, -0.05) is 0 Å². The van der Waals surface area contributed by atoms with Gasteiger partial charge < -0.3 is 14.6 Å². The SMILES string of the molecule is O=C(O)c1occc1CN(CCO)CC(F)F. The molecule has 1 aromatic heterocycles. The Balaban J connectivity index is 2.71. The average molecular weight is 249 g/mol. The fourth-order valence-corrected chi connectivity index (χ4v) is 1.46. The third-order valence-electron chi connectivity index (χ3n) is 2.15. The van der Waals surface area contributed by atoms with E-state index in [-0.39, 0.29) is 25.5 Å². The number of aliphatic hydroxyl groups is 1. The maximum Gasteiger partial charge on any atom is 0.372 e. The third kappa shape index (κ3) is 4.12. The second-order valence-electron chi connectivity index (χ2n) is 3.43. The molecule has 0 spiro atoms. The molecule has 0 radical (unpaired) electrons. The smallest absolute Gasteiger partial charge is 0.372 e. The Morgan fingerprint density at radius 3 is 2.76 bits per heavy atom. The first-order valence-corrected chi connectivity index (χ1v) is 4.95. The quantitative estimate of drug-likeness (QED) is 0.755. The fourth-order valence-electron chi connectivity index (χ4n) is 1.46. The minimum atomic E-state index is -2.54. The van der Waals surface area contributed by atoms with E-state index in [2.05, 4.69) is 0 Å². The number of hydrogen-bond donors (Lipinski definition) is 2. The molecule has 2 N–H and O–H groups in total. The first-order valence-electron chi connectivity index (χ1n) is 4.95. The molecular weight excluding hydrogens is 236 g/mol. The van der Waals surface area contributed by atoms with Gasteiger partial charge in [-0.25, -0.2) is 13.6 Å².